The van der Waals surface area contributed by atoms with E-state index in [2.05, 4.69) is 30.8 Å². The van der Waals surface area contributed by atoms with E-state index in [1.807, 2.05) is 13.8 Å². The van der Waals surface area contributed by atoms with E-state index in [1.54, 1.807) is 0 Å². The third-order valence-corrected chi connectivity index (χ3v) is 6.37. The van der Waals surface area contributed by atoms with E-state index >= 15 is 0 Å². The Morgan fingerprint density at radius 1 is 1.14 bits per heavy atom. The van der Waals surface area contributed by atoms with Gasteiger partial charge in [0.25, 0.3) is 0 Å². The Morgan fingerprint density at radius 2 is 1.82 bits per heavy atom. The summed E-state index contributed by atoms with van der Waals surface area (Å²) in [5.74, 6) is -0.0736. The molecule has 1 aliphatic rings. The number of ether oxygens (including phenoxy) is 1. The molecule has 160 valence electrons. The lowest BCUT2D eigenvalue weighted by atomic mass is 9.98. The van der Waals surface area contributed by atoms with Gasteiger partial charge in [-0.3, -0.25) is 0 Å². The van der Waals surface area contributed by atoms with Crippen molar-refractivity contribution in [3.8, 4) is 5.75 Å². The molecule has 0 atom stereocenters. The van der Waals surface area contributed by atoms with E-state index in [4.69, 9.17) is 4.74 Å². The van der Waals surface area contributed by atoms with Crippen LogP contribution in [0.15, 0.2) is 23.1 Å². The van der Waals surface area contributed by atoms with Crippen LogP contribution in [0.2, 0.25) is 0 Å². The summed E-state index contributed by atoms with van der Waals surface area (Å²) in [6, 6.07) is 3.72. The van der Waals surface area contributed by atoms with Crippen molar-refractivity contribution in [2.45, 2.75) is 82.7 Å². The van der Waals surface area contributed by atoms with E-state index in [9.17, 15) is 12.8 Å². The average Bonchev–Trinajstić information content (AvgIpc) is 3.35. The third kappa shape index (κ3) is 8.05. The fourth-order valence-corrected chi connectivity index (χ4v) is 4.34. The lowest BCUT2D eigenvalue weighted by Gasteiger charge is -2.26. The van der Waals surface area contributed by atoms with Crippen LogP contribution in [-0.2, 0) is 10.0 Å². The molecule has 7 heteroatoms. The molecule has 1 fully saturated rings. The molecule has 28 heavy (non-hydrogen) atoms. The largest absolute Gasteiger partial charge is 0.490 e. The Balaban J connectivity index is 1.92. The molecule has 0 saturated heterocycles. The highest BCUT2D eigenvalue weighted by Gasteiger charge is 2.27. The van der Waals surface area contributed by atoms with Gasteiger partial charge in [0.1, 0.15) is 0 Å². The normalized spacial score (nSPS) is 15.6. The zero-order chi connectivity index (χ0) is 21.0. The van der Waals surface area contributed by atoms with Gasteiger partial charge in [-0.15, -0.1) is 0 Å². The Bertz CT molecular complexity index is 753. The minimum atomic E-state index is -3.76. The number of unbranched alkanes of at least 4 members (excludes halogenated alkanes) is 1. The quantitative estimate of drug-likeness (QED) is 0.532. The van der Waals surface area contributed by atoms with Gasteiger partial charge in [0.15, 0.2) is 11.6 Å². The van der Waals surface area contributed by atoms with Gasteiger partial charge >= 0.3 is 0 Å². The molecule has 1 aliphatic carbocycles. The summed E-state index contributed by atoms with van der Waals surface area (Å²) in [6.45, 7) is 11.4. The first-order chi connectivity index (χ1) is 12.9. The molecule has 5 nitrogen and oxygen atoms in total. The second-order valence-electron chi connectivity index (χ2n) is 9.47. The van der Waals surface area contributed by atoms with Crippen molar-refractivity contribution in [1.29, 1.82) is 0 Å². The maximum Gasteiger partial charge on any atom is 0.241 e. The number of benzene rings is 1. The molecule has 0 radical (unpaired) electrons. The molecule has 0 spiro atoms. The Labute approximate surface area is 169 Å². The smallest absolute Gasteiger partial charge is 0.241 e. The zero-order valence-electron chi connectivity index (χ0n) is 17.8. The van der Waals surface area contributed by atoms with Crippen molar-refractivity contribution in [2.75, 3.05) is 13.2 Å². The highest BCUT2D eigenvalue weighted by atomic mass is 32.2. The summed E-state index contributed by atoms with van der Waals surface area (Å²) < 4.78 is 47.7. The SMILES string of the molecule is CC(C)(C)NCCCCC(C)(C)NS(=O)(=O)c1ccc(F)c(OCC2CC2)c1. The molecular weight excluding hydrogens is 379 g/mol. The highest BCUT2D eigenvalue weighted by molar-refractivity contribution is 7.89. The summed E-state index contributed by atoms with van der Waals surface area (Å²) in [5, 5.41) is 3.43. The predicted molar refractivity (Wildman–Crippen MR) is 111 cm³/mol. The first kappa shape index (κ1) is 23.1. The summed E-state index contributed by atoms with van der Waals surface area (Å²) in [4.78, 5) is 0.0298. The lowest BCUT2D eigenvalue weighted by Crippen LogP contribution is -2.43. The summed E-state index contributed by atoms with van der Waals surface area (Å²) in [5.41, 5.74) is -0.511. The third-order valence-electron chi connectivity index (χ3n) is 4.68. The van der Waals surface area contributed by atoms with Gasteiger partial charge in [-0.25, -0.2) is 17.5 Å². The van der Waals surface area contributed by atoms with Crippen LogP contribution in [0.3, 0.4) is 0 Å². The molecule has 2 rings (SSSR count). The van der Waals surface area contributed by atoms with Crippen molar-refractivity contribution in [3.63, 3.8) is 0 Å². The Morgan fingerprint density at radius 3 is 2.43 bits per heavy atom. The molecule has 2 N–H and O–H groups in total. The summed E-state index contributed by atoms with van der Waals surface area (Å²) in [6.07, 6.45) is 4.75. The second-order valence-corrected chi connectivity index (χ2v) is 11.2. The maximum atomic E-state index is 13.9. The van der Waals surface area contributed by atoms with Crippen LogP contribution in [0.25, 0.3) is 0 Å². The number of rotatable bonds is 11. The van der Waals surface area contributed by atoms with Crippen LogP contribution < -0.4 is 14.8 Å². The van der Waals surface area contributed by atoms with Crippen molar-refractivity contribution in [2.24, 2.45) is 5.92 Å². The van der Waals surface area contributed by atoms with Crippen molar-refractivity contribution >= 4 is 10.0 Å². The Hall–Kier alpha value is -1.18. The van der Waals surface area contributed by atoms with E-state index in [0.29, 0.717) is 18.9 Å². The first-order valence-corrected chi connectivity index (χ1v) is 11.6. The van der Waals surface area contributed by atoms with Crippen LogP contribution in [0.4, 0.5) is 4.39 Å². The number of hydrogen-bond donors (Lipinski definition) is 2. The predicted octanol–water partition coefficient (Wildman–Crippen LogP) is 4.23. The van der Waals surface area contributed by atoms with E-state index in [0.717, 1.165) is 38.3 Å². The van der Waals surface area contributed by atoms with Crippen LogP contribution in [0.1, 0.15) is 66.7 Å². The number of halogens is 1. The van der Waals surface area contributed by atoms with Crippen LogP contribution in [0.5, 0.6) is 5.75 Å². The van der Waals surface area contributed by atoms with E-state index in [-0.39, 0.29) is 16.2 Å². The minimum Gasteiger partial charge on any atom is -0.490 e. The molecule has 1 aromatic carbocycles. The molecule has 0 amide bonds. The fraction of sp³-hybridized carbons (Fsp3) is 0.714. The van der Waals surface area contributed by atoms with Gasteiger partial charge in [0.05, 0.1) is 11.5 Å². The van der Waals surface area contributed by atoms with Crippen molar-refractivity contribution in [1.82, 2.24) is 10.0 Å². The first-order valence-electron chi connectivity index (χ1n) is 10.1. The fourth-order valence-electron chi connectivity index (χ4n) is 2.88. The molecule has 0 aliphatic heterocycles. The standard InChI is InChI=1S/C21H35FN2O3S/c1-20(2,3)23-13-7-6-12-21(4,5)24-28(25,26)17-10-11-18(22)19(14-17)27-15-16-8-9-16/h10-11,14,16,23-24H,6-9,12-13,15H2,1-5H3. The van der Waals surface area contributed by atoms with Crippen molar-refractivity contribution < 1.29 is 17.5 Å². The maximum absolute atomic E-state index is 13.9. The topological polar surface area (TPSA) is 67.4 Å². The number of hydrogen-bond acceptors (Lipinski definition) is 4. The van der Waals surface area contributed by atoms with Gasteiger partial charge < -0.3 is 10.1 Å². The van der Waals surface area contributed by atoms with Crippen LogP contribution in [-0.4, -0.2) is 32.6 Å². The molecule has 0 bridgehead atoms. The number of sulfonamides is 1. The van der Waals surface area contributed by atoms with Gasteiger partial charge in [-0.05, 0) is 84.9 Å². The van der Waals surface area contributed by atoms with E-state index in [1.165, 1.54) is 12.1 Å². The Kier molecular flexibility index (Phi) is 7.50. The number of nitrogens with one attached hydrogen (secondary N) is 2. The molecule has 1 aromatic rings. The van der Waals surface area contributed by atoms with E-state index < -0.39 is 21.4 Å². The van der Waals surface area contributed by atoms with Gasteiger partial charge in [0.2, 0.25) is 10.0 Å². The summed E-state index contributed by atoms with van der Waals surface area (Å²) in [7, 11) is -3.76. The molecular formula is C21H35FN2O3S. The van der Waals surface area contributed by atoms with Crippen LogP contribution >= 0.6 is 0 Å². The van der Waals surface area contributed by atoms with Gasteiger partial charge in [0, 0.05) is 17.1 Å². The van der Waals surface area contributed by atoms with Gasteiger partial charge in [-0.2, -0.15) is 0 Å². The zero-order valence-corrected chi connectivity index (χ0v) is 18.6. The monoisotopic (exact) mass is 414 g/mol. The lowest BCUT2D eigenvalue weighted by molar-refractivity contribution is 0.284. The second kappa shape index (κ2) is 9.09. The molecule has 0 heterocycles. The average molecular weight is 415 g/mol. The molecule has 0 aromatic heterocycles. The molecule has 1 saturated carbocycles. The molecule has 0 unspecified atom stereocenters. The van der Waals surface area contributed by atoms with Crippen LogP contribution in [0, 0.1) is 11.7 Å². The summed E-state index contributed by atoms with van der Waals surface area (Å²) >= 11 is 0. The van der Waals surface area contributed by atoms with Gasteiger partial charge in [-0.1, -0.05) is 6.42 Å². The minimum absolute atomic E-state index is 0.000774. The highest BCUT2D eigenvalue weighted by Crippen LogP contribution is 2.31. The van der Waals surface area contributed by atoms with Crippen molar-refractivity contribution in [3.05, 3.63) is 24.0 Å².